The zero-order chi connectivity index (χ0) is 12.3. The molecule has 1 amide bonds. The number of hydrogen-bond acceptors (Lipinski definition) is 3. The SMILES string of the molecule is CC(C)[C@H](N)C(=O)NCC1(N(C)C)CCC1. The fraction of sp³-hybridized carbons (Fsp3) is 0.917. The van der Waals surface area contributed by atoms with Gasteiger partial charge in [0.05, 0.1) is 6.04 Å². The molecular formula is C12H25N3O. The predicted octanol–water partition coefficient (Wildman–Crippen LogP) is 0.570. The molecule has 0 bridgehead atoms. The van der Waals surface area contributed by atoms with Crippen LogP contribution in [0.15, 0.2) is 0 Å². The molecule has 1 fully saturated rings. The van der Waals surface area contributed by atoms with E-state index in [2.05, 4.69) is 24.3 Å². The molecule has 0 heterocycles. The van der Waals surface area contributed by atoms with Crippen molar-refractivity contribution < 1.29 is 4.79 Å². The first kappa shape index (κ1) is 13.5. The number of likely N-dealkylation sites (N-methyl/N-ethyl adjacent to an activating group) is 1. The highest BCUT2D eigenvalue weighted by Crippen LogP contribution is 2.35. The van der Waals surface area contributed by atoms with Crippen LogP contribution >= 0.6 is 0 Å². The number of nitrogens with two attached hydrogens (primary N) is 1. The van der Waals surface area contributed by atoms with Crippen molar-refractivity contribution in [3.8, 4) is 0 Å². The summed E-state index contributed by atoms with van der Waals surface area (Å²) in [4.78, 5) is 14.0. The van der Waals surface area contributed by atoms with E-state index in [4.69, 9.17) is 5.73 Å². The van der Waals surface area contributed by atoms with E-state index in [-0.39, 0.29) is 23.4 Å². The van der Waals surface area contributed by atoms with Crippen molar-refractivity contribution in [3.05, 3.63) is 0 Å². The van der Waals surface area contributed by atoms with Gasteiger partial charge in [0.15, 0.2) is 0 Å². The fourth-order valence-corrected chi connectivity index (χ4v) is 2.04. The zero-order valence-corrected chi connectivity index (χ0v) is 10.9. The Morgan fingerprint density at radius 2 is 2.00 bits per heavy atom. The van der Waals surface area contributed by atoms with Gasteiger partial charge in [0.25, 0.3) is 0 Å². The maximum atomic E-state index is 11.7. The first-order valence-electron chi connectivity index (χ1n) is 6.10. The van der Waals surface area contributed by atoms with Crippen molar-refractivity contribution in [3.63, 3.8) is 0 Å². The summed E-state index contributed by atoms with van der Waals surface area (Å²) >= 11 is 0. The molecule has 0 unspecified atom stereocenters. The highest BCUT2D eigenvalue weighted by atomic mass is 16.2. The van der Waals surface area contributed by atoms with E-state index in [1.54, 1.807) is 0 Å². The number of carbonyl (C=O) groups excluding carboxylic acids is 1. The Morgan fingerprint density at radius 1 is 1.44 bits per heavy atom. The van der Waals surface area contributed by atoms with E-state index in [0.29, 0.717) is 0 Å². The third kappa shape index (κ3) is 2.74. The Labute approximate surface area is 98.6 Å². The lowest BCUT2D eigenvalue weighted by atomic mass is 9.75. The average Bonchev–Trinajstić information content (AvgIpc) is 2.13. The minimum atomic E-state index is -0.390. The molecule has 0 saturated heterocycles. The van der Waals surface area contributed by atoms with Crippen molar-refractivity contribution in [2.45, 2.75) is 44.7 Å². The summed E-state index contributed by atoms with van der Waals surface area (Å²) in [5.41, 5.74) is 5.97. The third-order valence-corrected chi connectivity index (χ3v) is 3.85. The van der Waals surface area contributed by atoms with Gasteiger partial charge in [-0.05, 0) is 39.3 Å². The van der Waals surface area contributed by atoms with Gasteiger partial charge >= 0.3 is 0 Å². The molecule has 0 aromatic rings. The predicted molar refractivity (Wildman–Crippen MR) is 66.1 cm³/mol. The van der Waals surface area contributed by atoms with E-state index in [1.165, 1.54) is 6.42 Å². The van der Waals surface area contributed by atoms with Gasteiger partial charge in [0, 0.05) is 12.1 Å². The molecule has 1 rings (SSSR count). The van der Waals surface area contributed by atoms with Crippen molar-refractivity contribution in [2.75, 3.05) is 20.6 Å². The summed E-state index contributed by atoms with van der Waals surface area (Å²) in [6.07, 6.45) is 3.58. The summed E-state index contributed by atoms with van der Waals surface area (Å²) in [6, 6.07) is -0.390. The molecule has 94 valence electrons. The van der Waals surface area contributed by atoms with Crippen LogP contribution in [0.25, 0.3) is 0 Å². The van der Waals surface area contributed by atoms with E-state index in [1.807, 2.05) is 13.8 Å². The molecule has 1 saturated carbocycles. The van der Waals surface area contributed by atoms with Gasteiger partial charge in [-0.2, -0.15) is 0 Å². The summed E-state index contributed by atoms with van der Waals surface area (Å²) in [5.74, 6) is 0.167. The molecule has 0 aliphatic heterocycles. The highest BCUT2D eigenvalue weighted by Gasteiger charge is 2.39. The average molecular weight is 227 g/mol. The minimum Gasteiger partial charge on any atom is -0.353 e. The Bertz CT molecular complexity index is 247. The summed E-state index contributed by atoms with van der Waals surface area (Å²) in [7, 11) is 4.15. The molecule has 4 heteroatoms. The maximum absolute atomic E-state index is 11.7. The van der Waals surface area contributed by atoms with Crippen LogP contribution in [0, 0.1) is 5.92 Å². The van der Waals surface area contributed by atoms with Crippen molar-refractivity contribution >= 4 is 5.91 Å². The number of hydrogen-bond donors (Lipinski definition) is 2. The van der Waals surface area contributed by atoms with Crippen LogP contribution in [0.1, 0.15) is 33.1 Å². The Kier molecular flexibility index (Phi) is 4.33. The van der Waals surface area contributed by atoms with Crippen LogP contribution in [-0.2, 0) is 4.79 Å². The summed E-state index contributed by atoms with van der Waals surface area (Å²) in [5, 5.41) is 2.98. The van der Waals surface area contributed by atoms with Crippen LogP contribution in [0.3, 0.4) is 0 Å². The van der Waals surface area contributed by atoms with Gasteiger partial charge in [-0.15, -0.1) is 0 Å². The molecule has 0 spiro atoms. The Hall–Kier alpha value is -0.610. The van der Waals surface area contributed by atoms with E-state index >= 15 is 0 Å². The van der Waals surface area contributed by atoms with Crippen LogP contribution in [0.5, 0.6) is 0 Å². The molecule has 4 nitrogen and oxygen atoms in total. The normalized spacial score (nSPS) is 20.7. The van der Waals surface area contributed by atoms with Gasteiger partial charge in [-0.3, -0.25) is 4.79 Å². The monoisotopic (exact) mass is 227 g/mol. The van der Waals surface area contributed by atoms with Crippen LogP contribution < -0.4 is 11.1 Å². The van der Waals surface area contributed by atoms with Crippen molar-refractivity contribution in [1.29, 1.82) is 0 Å². The molecular weight excluding hydrogens is 202 g/mol. The van der Waals surface area contributed by atoms with Gasteiger partial charge in [0.1, 0.15) is 0 Å². The molecule has 16 heavy (non-hydrogen) atoms. The second-order valence-electron chi connectivity index (χ2n) is 5.46. The number of carbonyl (C=O) groups is 1. The maximum Gasteiger partial charge on any atom is 0.237 e. The summed E-state index contributed by atoms with van der Waals surface area (Å²) in [6.45, 7) is 4.66. The first-order valence-corrected chi connectivity index (χ1v) is 6.10. The third-order valence-electron chi connectivity index (χ3n) is 3.85. The molecule has 1 aliphatic rings. The molecule has 0 radical (unpaired) electrons. The van der Waals surface area contributed by atoms with Crippen molar-refractivity contribution in [1.82, 2.24) is 10.2 Å². The number of rotatable bonds is 5. The lowest BCUT2D eigenvalue weighted by Crippen LogP contribution is -2.59. The standard InChI is InChI=1S/C12H25N3O/c1-9(2)10(13)11(16)14-8-12(15(3)4)6-5-7-12/h9-10H,5-8,13H2,1-4H3,(H,14,16)/t10-/m0/s1. The van der Waals surface area contributed by atoms with Gasteiger partial charge in [-0.25, -0.2) is 0 Å². The quantitative estimate of drug-likeness (QED) is 0.722. The summed E-state index contributed by atoms with van der Waals surface area (Å²) < 4.78 is 0. The van der Waals surface area contributed by atoms with E-state index in [9.17, 15) is 4.79 Å². The molecule has 1 atom stereocenters. The Balaban J connectivity index is 2.42. The number of nitrogens with zero attached hydrogens (tertiary/aromatic N) is 1. The van der Waals surface area contributed by atoms with E-state index in [0.717, 1.165) is 19.4 Å². The number of nitrogens with one attached hydrogen (secondary N) is 1. The van der Waals surface area contributed by atoms with Crippen LogP contribution in [-0.4, -0.2) is 43.0 Å². The smallest absolute Gasteiger partial charge is 0.237 e. The fourth-order valence-electron chi connectivity index (χ4n) is 2.04. The van der Waals surface area contributed by atoms with Gasteiger partial charge in [-0.1, -0.05) is 13.8 Å². The van der Waals surface area contributed by atoms with Crippen LogP contribution in [0.2, 0.25) is 0 Å². The molecule has 0 aromatic heterocycles. The zero-order valence-electron chi connectivity index (χ0n) is 10.9. The lowest BCUT2D eigenvalue weighted by Gasteiger charge is -2.47. The van der Waals surface area contributed by atoms with Crippen molar-refractivity contribution in [2.24, 2.45) is 11.7 Å². The van der Waals surface area contributed by atoms with Gasteiger partial charge in [0.2, 0.25) is 5.91 Å². The topological polar surface area (TPSA) is 58.4 Å². The van der Waals surface area contributed by atoms with Gasteiger partial charge < -0.3 is 16.0 Å². The van der Waals surface area contributed by atoms with E-state index < -0.39 is 0 Å². The molecule has 1 aliphatic carbocycles. The first-order chi connectivity index (χ1) is 7.39. The second-order valence-corrected chi connectivity index (χ2v) is 5.46. The lowest BCUT2D eigenvalue weighted by molar-refractivity contribution is -0.124. The second kappa shape index (κ2) is 5.15. The number of amides is 1. The highest BCUT2D eigenvalue weighted by molar-refractivity contribution is 5.81. The minimum absolute atomic E-state index is 0.0249. The molecule has 3 N–H and O–H groups in total. The van der Waals surface area contributed by atoms with Crippen LogP contribution in [0.4, 0.5) is 0 Å². The molecule has 0 aromatic carbocycles. The largest absolute Gasteiger partial charge is 0.353 e. The Morgan fingerprint density at radius 3 is 2.31 bits per heavy atom.